The van der Waals surface area contributed by atoms with Gasteiger partial charge in [-0.05, 0) is 24.1 Å². The van der Waals surface area contributed by atoms with Gasteiger partial charge in [0.25, 0.3) is 0 Å². The molecule has 2 aromatic rings. The number of nitrogens with one attached hydrogen (secondary N) is 1. The van der Waals surface area contributed by atoms with E-state index in [0.29, 0.717) is 5.56 Å². The van der Waals surface area contributed by atoms with Crippen LogP contribution in [0.2, 0.25) is 0 Å². The van der Waals surface area contributed by atoms with Crippen LogP contribution in [0.3, 0.4) is 0 Å². The fourth-order valence-electron chi connectivity index (χ4n) is 2.67. The third-order valence-corrected chi connectivity index (χ3v) is 4.02. The molecule has 2 N–H and O–H groups in total. The van der Waals surface area contributed by atoms with E-state index in [1.54, 1.807) is 36.6 Å². The number of hydrogen-bond donors (Lipinski definition) is 2. The van der Waals surface area contributed by atoms with E-state index in [9.17, 15) is 14.7 Å². The zero-order chi connectivity index (χ0) is 15.5. The highest BCUT2D eigenvalue weighted by atomic mass is 16.4. The number of carbonyl (C=O) groups is 2. The first-order valence-electron chi connectivity index (χ1n) is 7.25. The Bertz CT molecular complexity index is 651. The third kappa shape index (κ3) is 3.03. The minimum absolute atomic E-state index is 0.0968. The summed E-state index contributed by atoms with van der Waals surface area (Å²) in [5.74, 6) is -0.955. The standard InChI is InChI=1S/C17H17NO4/c19-16(13-9-12(13)15-7-4-8-22-15)18-10-14(17(20)21)11-5-2-1-3-6-11/h1-8,12-14H,9-10H2,(H,18,19)(H,20,21)/t12-,13+,14+/m0/s1. The maximum absolute atomic E-state index is 12.1. The Kier molecular flexibility index (Phi) is 3.96. The summed E-state index contributed by atoms with van der Waals surface area (Å²) < 4.78 is 5.30. The lowest BCUT2D eigenvalue weighted by atomic mass is 9.99. The molecule has 5 heteroatoms. The van der Waals surface area contributed by atoms with Crippen molar-refractivity contribution < 1.29 is 19.1 Å². The van der Waals surface area contributed by atoms with Crippen molar-refractivity contribution in [1.82, 2.24) is 5.32 Å². The van der Waals surface area contributed by atoms with Crippen LogP contribution < -0.4 is 5.32 Å². The van der Waals surface area contributed by atoms with Crippen molar-refractivity contribution in [2.75, 3.05) is 6.54 Å². The zero-order valence-electron chi connectivity index (χ0n) is 11.9. The Hall–Kier alpha value is -2.56. The number of benzene rings is 1. The Morgan fingerprint density at radius 1 is 1.23 bits per heavy atom. The van der Waals surface area contributed by atoms with Gasteiger partial charge in [-0.2, -0.15) is 0 Å². The molecule has 3 atom stereocenters. The van der Waals surface area contributed by atoms with Crippen molar-refractivity contribution >= 4 is 11.9 Å². The fraction of sp³-hybridized carbons (Fsp3) is 0.294. The summed E-state index contributed by atoms with van der Waals surface area (Å²) in [5.41, 5.74) is 0.689. The lowest BCUT2D eigenvalue weighted by Gasteiger charge is -2.13. The topological polar surface area (TPSA) is 79.5 Å². The average molecular weight is 299 g/mol. The van der Waals surface area contributed by atoms with Gasteiger partial charge in [-0.15, -0.1) is 0 Å². The molecule has 0 aliphatic heterocycles. The second-order valence-corrected chi connectivity index (χ2v) is 5.51. The molecule has 1 aliphatic rings. The van der Waals surface area contributed by atoms with E-state index < -0.39 is 11.9 Å². The van der Waals surface area contributed by atoms with Crippen LogP contribution in [0.25, 0.3) is 0 Å². The second-order valence-electron chi connectivity index (χ2n) is 5.51. The van der Waals surface area contributed by atoms with Gasteiger partial charge in [0, 0.05) is 18.4 Å². The number of carboxylic acids is 1. The van der Waals surface area contributed by atoms with Gasteiger partial charge in [0.2, 0.25) is 5.91 Å². The number of hydrogen-bond acceptors (Lipinski definition) is 3. The molecule has 5 nitrogen and oxygen atoms in total. The van der Waals surface area contributed by atoms with Crippen molar-refractivity contribution in [2.45, 2.75) is 18.3 Å². The molecule has 1 aromatic heterocycles. The van der Waals surface area contributed by atoms with Crippen LogP contribution in [0.4, 0.5) is 0 Å². The van der Waals surface area contributed by atoms with Crippen LogP contribution in [-0.4, -0.2) is 23.5 Å². The average Bonchev–Trinajstić information content (AvgIpc) is 3.14. The molecule has 3 rings (SSSR count). The molecule has 22 heavy (non-hydrogen) atoms. The molecular weight excluding hydrogens is 282 g/mol. The molecule has 0 spiro atoms. The van der Waals surface area contributed by atoms with Crippen LogP contribution in [0.15, 0.2) is 53.1 Å². The SMILES string of the molecule is O=C(O)[C@H](CNC(=O)[C@@H]1C[C@@H]1c1ccco1)c1ccccc1. The molecule has 0 bridgehead atoms. The number of amides is 1. The maximum Gasteiger partial charge on any atom is 0.312 e. The second kappa shape index (κ2) is 6.05. The lowest BCUT2D eigenvalue weighted by Crippen LogP contribution is -2.32. The predicted molar refractivity (Wildman–Crippen MR) is 79.4 cm³/mol. The van der Waals surface area contributed by atoms with E-state index >= 15 is 0 Å². The van der Waals surface area contributed by atoms with Gasteiger partial charge in [-0.3, -0.25) is 9.59 Å². The van der Waals surface area contributed by atoms with Crippen molar-refractivity contribution in [3.63, 3.8) is 0 Å². The first-order chi connectivity index (χ1) is 10.7. The molecule has 0 radical (unpaired) electrons. The number of aliphatic carboxylic acids is 1. The minimum Gasteiger partial charge on any atom is -0.481 e. The first-order valence-corrected chi connectivity index (χ1v) is 7.25. The number of rotatable bonds is 6. The summed E-state index contributed by atoms with van der Waals surface area (Å²) in [6.07, 6.45) is 2.35. The number of carboxylic acid groups (broad SMARTS) is 1. The van der Waals surface area contributed by atoms with Gasteiger partial charge >= 0.3 is 5.97 Å². The quantitative estimate of drug-likeness (QED) is 0.858. The van der Waals surface area contributed by atoms with Crippen LogP contribution >= 0.6 is 0 Å². The maximum atomic E-state index is 12.1. The lowest BCUT2D eigenvalue weighted by molar-refractivity contribution is -0.138. The highest BCUT2D eigenvalue weighted by Crippen LogP contribution is 2.47. The number of furan rings is 1. The monoisotopic (exact) mass is 299 g/mol. The van der Waals surface area contributed by atoms with Gasteiger partial charge in [-0.1, -0.05) is 30.3 Å². The van der Waals surface area contributed by atoms with Crippen molar-refractivity contribution in [2.24, 2.45) is 5.92 Å². The van der Waals surface area contributed by atoms with Gasteiger partial charge in [0.1, 0.15) is 5.76 Å². The van der Waals surface area contributed by atoms with Crippen LogP contribution in [0.1, 0.15) is 29.6 Å². The summed E-state index contributed by atoms with van der Waals surface area (Å²) in [6, 6.07) is 12.6. The predicted octanol–water partition coefficient (Wildman–Crippen LogP) is 2.37. The highest BCUT2D eigenvalue weighted by molar-refractivity contribution is 5.84. The molecule has 1 fully saturated rings. The van der Waals surface area contributed by atoms with E-state index in [-0.39, 0.29) is 24.3 Å². The zero-order valence-corrected chi connectivity index (χ0v) is 11.9. The van der Waals surface area contributed by atoms with Crippen molar-refractivity contribution in [1.29, 1.82) is 0 Å². The molecule has 1 heterocycles. The van der Waals surface area contributed by atoms with Gasteiger partial charge in [-0.25, -0.2) is 0 Å². The minimum atomic E-state index is -0.940. The molecule has 1 saturated carbocycles. The molecular formula is C17H17NO4. The molecule has 1 amide bonds. The Labute approximate surface area is 127 Å². The summed E-state index contributed by atoms with van der Waals surface area (Å²) in [5, 5.41) is 12.1. The summed E-state index contributed by atoms with van der Waals surface area (Å²) >= 11 is 0. The van der Waals surface area contributed by atoms with Gasteiger partial charge in [0.05, 0.1) is 12.2 Å². The van der Waals surface area contributed by atoms with Gasteiger partial charge in [0.15, 0.2) is 0 Å². The first kappa shape index (κ1) is 14.4. The van der Waals surface area contributed by atoms with E-state index in [4.69, 9.17) is 4.42 Å². The summed E-state index contributed by atoms with van der Waals surface area (Å²) in [7, 11) is 0. The summed E-state index contributed by atoms with van der Waals surface area (Å²) in [6.45, 7) is 0.0968. The smallest absolute Gasteiger partial charge is 0.312 e. The Morgan fingerprint density at radius 3 is 2.64 bits per heavy atom. The van der Waals surface area contributed by atoms with Crippen LogP contribution in [0, 0.1) is 5.92 Å². The molecule has 0 saturated heterocycles. The van der Waals surface area contributed by atoms with Gasteiger partial charge < -0.3 is 14.8 Å². The Balaban J connectivity index is 1.57. The molecule has 1 aromatic carbocycles. The molecule has 1 aliphatic carbocycles. The van der Waals surface area contributed by atoms with E-state index in [1.807, 2.05) is 12.1 Å². The Morgan fingerprint density at radius 2 is 2.00 bits per heavy atom. The van der Waals surface area contributed by atoms with Crippen LogP contribution in [-0.2, 0) is 9.59 Å². The molecule has 114 valence electrons. The van der Waals surface area contributed by atoms with E-state index in [1.165, 1.54) is 0 Å². The van der Waals surface area contributed by atoms with E-state index in [0.717, 1.165) is 12.2 Å². The summed E-state index contributed by atoms with van der Waals surface area (Å²) in [4.78, 5) is 23.5. The molecule has 0 unspecified atom stereocenters. The highest BCUT2D eigenvalue weighted by Gasteiger charge is 2.45. The van der Waals surface area contributed by atoms with Crippen molar-refractivity contribution in [3.8, 4) is 0 Å². The number of carbonyl (C=O) groups excluding carboxylic acids is 1. The normalized spacial score (nSPS) is 21.1. The van der Waals surface area contributed by atoms with Crippen LogP contribution in [0.5, 0.6) is 0 Å². The largest absolute Gasteiger partial charge is 0.481 e. The van der Waals surface area contributed by atoms with E-state index in [2.05, 4.69) is 5.32 Å². The van der Waals surface area contributed by atoms with Crippen molar-refractivity contribution in [3.05, 3.63) is 60.1 Å². The third-order valence-electron chi connectivity index (χ3n) is 4.02. The fourth-order valence-corrected chi connectivity index (χ4v) is 2.67.